The number of nitrogens with zero attached hydrogens (tertiary/aromatic N) is 6. The van der Waals surface area contributed by atoms with Crippen molar-refractivity contribution in [1.29, 1.82) is 5.26 Å². The van der Waals surface area contributed by atoms with E-state index in [1.165, 1.54) is 12.4 Å². The van der Waals surface area contributed by atoms with Crippen LogP contribution in [0.3, 0.4) is 0 Å². The fraction of sp³-hybridized carbons (Fsp3) is 0.263. The molecule has 8 heteroatoms. The number of aromatic nitrogens is 4. The van der Waals surface area contributed by atoms with E-state index in [0.29, 0.717) is 24.2 Å². The molecule has 0 radical (unpaired) electrons. The predicted octanol–water partition coefficient (Wildman–Crippen LogP) is 1.98. The normalized spacial score (nSPS) is 16.7. The molecule has 2 aromatic heterocycles. The first-order valence-corrected chi connectivity index (χ1v) is 8.62. The SMILES string of the molecule is N#Cc1nccnc1OC1CCCN(C(=O)c2ccc3nccnc3c2)C1. The number of carbonyl (C=O) groups is 1. The first-order valence-electron chi connectivity index (χ1n) is 8.62. The topological polar surface area (TPSA) is 105 Å². The van der Waals surface area contributed by atoms with Gasteiger partial charge in [0.1, 0.15) is 12.2 Å². The number of likely N-dealkylation sites (tertiary alicyclic amines) is 1. The molecule has 1 saturated heterocycles. The molecule has 0 aliphatic carbocycles. The molecular weight excluding hydrogens is 344 g/mol. The number of rotatable bonds is 3. The van der Waals surface area contributed by atoms with Crippen LogP contribution >= 0.6 is 0 Å². The van der Waals surface area contributed by atoms with Crippen molar-refractivity contribution in [3.05, 3.63) is 54.2 Å². The third kappa shape index (κ3) is 3.53. The summed E-state index contributed by atoms with van der Waals surface area (Å²) in [6, 6.07) is 7.29. The standard InChI is InChI=1S/C19H16N6O2/c20-11-17-18(24-8-7-23-17)27-14-2-1-9-25(12-14)19(26)13-3-4-15-16(10-13)22-6-5-21-15/h3-8,10,14H,1-2,9,12H2. The van der Waals surface area contributed by atoms with Crippen LogP contribution < -0.4 is 4.74 Å². The summed E-state index contributed by atoms with van der Waals surface area (Å²) in [6.07, 6.45) is 7.53. The molecule has 0 N–H and O–H groups in total. The average molecular weight is 360 g/mol. The number of hydrogen-bond donors (Lipinski definition) is 0. The summed E-state index contributed by atoms with van der Waals surface area (Å²) in [6.45, 7) is 1.08. The molecular formula is C19H16N6O2. The van der Waals surface area contributed by atoms with Gasteiger partial charge in [-0.05, 0) is 31.0 Å². The van der Waals surface area contributed by atoms with Crippen molar-refractivity contribution in [3.63, 3.8) is 0 Å². The largest absolute Gasteiger partial charge is 0.470 e. The van der Waals surface area contributed by atoms with Gasteiger partial charge in [-0.25, -0.2) is 9.97 Å². The zero-order valence-electron chi connectivity index (χ0n) is 14.4. The van der Waals surface area contributed by atoms with E-state index in [-0.39, 0.29) is 23.6 Å². The van der Waals surface area contributed by atoms with Crippen molar-refractivity contribution in [3.8, 4) is 11.9 Å². The fourth-order valence-electron chi connectivity index (χ4n) is 3.14. The lowest BCUT2D eigenvalue weighted by Crippen LogP contribution is -2.44. The Morgan fingerprint density at radius 2 is 1.89 bits per heavy atom. The molecule has 1 aromatic carbocycles. The maximum absolute atomic E-state index is 12.9. The molecule has 0 spiro atoms. The number of amides is 1. The van der Waals surface area contributed by atoms with E-state index >= 15 is 0 Å². The van der Waals surface area contributed by atoms with Gasteiger partial charge in [0.25, 0.3) is 11.8 Å². The van der Waals surface area contributed by atoms with Gasteiger partial charge < -0.3 is 9.64 Å². The van der Waals surface area contributed by atoms with Gasteiger partial charge >= 0.3 is 0 Å². The van der Waals surface area contributed by atoms with E-state index in [0.717, 1.165) is 18.4 Å². The van der Waals surface area contributed by atoms with Crippen LogP contribution in [0.15, 0.2) is 43.0 Å². The molecule has 3 aromatic rings. The summed E-state index contributed by atoms with van der Waals surface area (Å²) >= 11 is 0. The number of fused-ring (bicyclic) bond motifs is 1. The third-order valence-corrected chi connectivity index (χ3v) is 4.43. The molecule has 1 fully saturated rings. The Labute approximate surface area is 155 Å². The maximum Gasteiger partial charge on any atom is 0.254 e. The van der Waals surface area contributed by atoms with Crippen LogP contribution in [0.2, 0.25) is 0 Å². The Morgan fingerprint density at radius 1 is 1.11 bits per heavy atom. The van der Waals surface area contributed by atoms with Crippen LogP contribution in [0, 0.1) is 11.3 Å². The molecule has 1 amide bonds. The molecule has 0 bridgehead atoms. The van der Waals surface area contributed by atoms with Crippen LogP contribution in [0.4, 0.5) is 0 Å². The van der Waals surface area contributed by atoms with Crippen LogP contribution in [0.25, 0.3) is 11.0 Å². The van der Waals surface area contributed by atoms with E-state index in [1.54, 1.807) is 35.5 Å². The minimum Gasteiger partial charge on any atom is -0.470 e. The lowest BCUT2D eigenvalue weighted by Gasteiger charge is -2.32. The first-order chi connectivity index (χ1) is 13.2. The number of carbonyl (C=O) groups excluding carboxylic acids is 1. The fourth-order valence-corrected chi connectivity index (χ4v) is 3.14. The smallest absolute Gasteiger partial charge is 0.254 e. The molecule has 1 unspecified atom stereocenters. The Balaban J connectivity index is 1.50. The molecule has 1 atom stereocenters. The molecule has 134 valence electrons. The van der Waals surface area contributed by atoms with E-state index < -0.39 is 0 Å². The summed E-state index contributed by atoms with van der Waals surface area (Å²) in [5.74, 6) is 0.135. The predicted molar refractivity (Wildman–Crippen MR) is 95.8 cm³/mol. The quantitative estimate of drug-likeness (QED) is 0.703. The summed E-state index contributed by atoms with van der Waals surface area (Å²) in [4.78, 5) is 31.2. The molecule has 0 saturated carbocycles. The van der Waals surface area contributed by atoms with Gasteiger partial charge in [-0.2, -0.15) is 5.26 Å². The number of benzene rings is 1. The first kappa shape index (κ1) is 16.8. The molecule has 1 aliphatic rings. The maximum atomic E-state index is 12.9. The summed E-state index contributed by atoms with van der Waals surface area (Å²) in [5, 5.41) is 9.12. The highest BCUT2D eigenvalue weighted by Crippen LogP contribution is 2.21. The summed E-state index contributed by atoms with van der Waals surface area (Å²) < 4.78 is 5.85. The molecule has 3 heterocycles. The average Bonchev–Trinajstić information content (AvgIpc) is 2.73. The van der Waals surface area contributed by atoms with Crippen molar-refractivity contribution >= 4 is 16.9 Å². The Hall–Kier alpha value is -3.60. The van der Waals surface area contributed by atoms with Crippen molar-refractivity contribution in [2.75, 3.05) is 13.1 Å². The third-order valence-electron chi connectivity index (χ3n) is 4.43. The second kappa shape index (κ2) is 7.33. The number of hydrogen-bond acceptors (Lipinski definition) is 7. The zero-order chi connectivity index (χ0) is 18.6. The minimum absolute atomic E-state index is 0.0736. The number of nitriles is 1. The van der Waals surface area contributed by atoms with Crippen LogP contribution in [-0.2, 0) is 0 Å². The zero-order valence-corrected chi connectivity index (χ0v) is 14.4. The highest BCUT2D eigenvalue weighted by Gasteiger charge is 2.27. The van der Waals surface area contributed by atoms with Gasteiger partial charge in [0.15, 0.2) is 0 Å². The van der Waals surface area contributed by atoms with Gasteiger partial charge in [-0.15, -0.1) is 0 Å². The molecule has 1 aliphatic heterocycles. The van der Waals surface area contributed by atoms with E-state index in [1.807, 2.05) is 6.07 Å². The van der Waals surface area contributed by atoms with Gasteiger partial charge in [-0.3, -0.25) is 14.8 Å². The van der Waals surface area contributed by atoms with Gasteiger partial charge in [-0.1, -0.05) is 0 Å². The van der Waals surface area contributed by atoms with E-state index in [9.17, 15) is 4.79 Å². The Bertz CT molecular complexity index is 1030. The molecule has 8 nitrogen and oxygen atoms in total. The second-order valence-electron chi connectivity index (χ2n) is 6.21. The number of ether oxygens (including phenoxy) is 1. The number of piperidine rings is 1. The minimum atomic E-state index is -0.230. The van der Waals surface area contributed by atoms with Crippen molar-refractivity contribution in [1.82, 2.24) is 24.8 Å². The van der Waals surface area contributed by atoms with Gasteiger partial charge in [0, 0.05) is 36.9 Å². The molecule has 4 rings (SSSR count). The highest BCUT2D eigenvalue weighted by molar-refractivity contribution is 5.97. The Kier molecular flexibility index (Phi) is 4.58. The Morgan fingerprint density at radius 3 is 2.74 bits per heavy atom. The van der Waals surface area contributed by atoms with Crippen LogP contribution in [0.5, 0.6) is 5.88 Å². The lowest BCUT2D eigenvalue weighted by molar-refractivity contribution is 0.0526. The summed E-state index contributed by atoms with van der Waals surface area (Å²) in [7, 11) is 0. The summed E-state index contributed by atoms with van der Waals surface area (Å²) in [5.41, 5.74) is 2.15. The van der Waals surface area contributed by atoms with Gasteiger partial charge in [0.05, 0.1) is 17.6 Å². The van der Waals surface area contributed by atoms with Crippen molar-refractivity contribution in [2.45, 2.75) is 18.9 Å². The highest BCUT2D eigenvalue weighted by atomic mass is 16.5. The van der Waals surface area contributed by atoms with Crippen molar-refractivity contribution in [2.24, 2.45) is 0 Å². The van der Waals surface area contributed by atoms with E-state index in [4.69, 9.17) is 10.00 Å². The second-order valence-corrected chi connectivity index (χ2v) is 6.21. The monoisotopic (exact) mass is 360 g/mol. The van der Waals surface area contributed by atoms with Crippen LogP contribution in [0.1, 0.15) is 28.9 Å². The van der Waals surface area contributed by atoms with Crippen molar-refractivity contribution < 1.29 is 9.53 Å². The van der Waals surface area contributed by atoms with E-state index in [2.05, 4.69) is 19.9 Å². The molecule has 27 heavy (non-hydrogen) atoms. The lowest BCUT2D eigenvalue weighted by atomic mass is 10.1. The van der Waals surface area contributed by atoms with Crippen LogP contribution in [-0.4, -0.2) is 49.9 Å². The van der Waals surface area contributed by atoms with Gasteiger partial charge in [0.2, 0.25) is 5.69 Å².